The van der Waals surface area contributed by atoms with Crippen molar-refractivity contribution in [3.63, 3.8) is 0 Å². The van der Waals surface area contributed by atoms with Crippen molar-refractivity contribution in [2.45, 2.75) is 0 Å². The Hall–Kier alpha value is 0.970. The Morgan fingerprint density at radius 3 is 0.750 bits per heavy atom. The van der Waals surface area contributed by atoms with E-state index in [1.807, 2.05) is 0 Å². The van der Waals surface area contributed by atoms with Crippen LogP contribution in [0.2, 0.25) is 0 Å². The van der Waals surface area contributed by atoms with Crippen LogP contribution in [0.25, 0.3) is 0 Å². The van der Waals surface area contributed by atoms with Gasteiger partial charge in [0, 0.05) is 19.5 Å². The zero-order valence-electron chi connectivity index (χ0n) is 0.707. The molecule has 0 N–H and O–H groups in total. The first-order valence-corrected chi connectivity index (χ1v) is 0. The molecule has 22 valence electrons. The van der Waals surface area contributed by atoms with Gasteiger partial charge in [-0.1, -0.05) is 0 Å². The molecule has 0 aliphatic heterocycles. The minimum atomic E-state index is 0. The van der Waals surface area contributed by atoms with E-state index in [9.17, 15) is 0 Å². The normalized spacial score (nSPS) is 0. The maximum atomic E-state index is 0. The molecule has 4 heavy (non-hydrogen) atoms. The van der Waals surface area contributed by atoms with E-state index >= 15 is 0 Å². The maximum absolute atomic E-state index is 0. The molecule has 0 rings (SSSR count). The van der Waals surface area contributed by atoms with E-state index in [1.165, 1.54) is 0 Å². The molecule has 4 heteroatoms. The molecule has 0 aromatic rings. The van der Waals surface area contributed by atoms with E-state index < -0.39 is 0 Å². The summed E-state index contributed by atoms with van der Waals surface area (Å²) in [5.74, 6) is 0. The van der Waals surface area contributed by atoms with Crippen LogP contribution in [0.1, 0.15) is 0 Å². The number of hydrogen-bond donors (Lipinski definition) is 0. The van der Waals surface area contributed by atoms with Gasteiger partial charge >= 0.3 is 0 Å². The summed E-state index contributed by atoms with van der Waals surface area (Å²) in [7, 11) is 0. The second-order valence-corrected chi connectivity index (χ2v) is 0. The van der Waals surface area contributed by atoms with Crippen LogP contribution >= 0.6 is 0 Å². The molecule has 0 aliphatic carbocycles. The van der Waals surface area contributed by atoms with Crippen molar-refractivity contribution in [2.75, 3.05) is 0 Å². The Kier molecular flexibility index (Phi) is 774. The molecule has 0 heterocycles. The summed E-state index contributed by atoms with van der Waals surface area (Å²) in [5.41, 5.74) is 0. The van der Waals surface area contributed by atoms with Gasteiger partial charge in [0.05, 0.1) is 16.8 Å². The van der Waals surface area contributed by atoms with Crippen molar-refractivity contribution in [3.05, 3.63) is 0 Å². The van der Waals surface area contributed by atoms with Gasteiger partial charge in [0.15, 0.2) is 0 Å². The molecule has 0 unspecified atom stereocenters. The van der Waals surface area contributed by atoms with Crippen molar-refractivity contribution in [1.82, 2.24) is 0 Å². The fraction of sp³-hybridized carbons (Fsp3) is 0. The first kappa shape index (κ1) is 83.2. The van der Waals surface area contributed by atoms with E-state index in [0.29, 0.717) is 0 Å². The largest absolute Gasteiger partial charge is 0.0814 e. The molecule has 0 fully saturated rings. The standard InChI is InChI=1S/2BH3.H4Si.Zn/h2*1H3;1H4;. The fourth-order valence-corrected chi connectivity index (χ4v) is 0. The summed E-state index contributed by atoms with van der Waals surface area (Å²) < 4.78 is 0. The van der Waals surface area contributed by atoms with E-state index in [-0.39, 0.29) is 47.3 Å². The fourth-order valence-electron chi connectivity index (χ4n) is 0. The molecular weight excluding hydrogens is 115 g/mol. The van der Waals surface area contributed by atoms with E-state index in [2.05, 4.69) is 0 Å². The topological polar surface area (TPSA) is 0 Å². The van der Waals surface area contributed by atoms with Gasteiger partial charge in [0.25, 0.3) is 0 Å². The molecule has 0 aromatic heterocycles. The van der Waals surface area contributed by atoms with Crippen LogP contribution in [0.3, 0.4) is 0 Å². The number of hydrogen-bond acceptors (Lipinski definition) is 0. The zero-order valence-corrected chi connectivity index (χ0v) is 3.67. The number of rotatable bonds is 0. The third-order valence-electron chi connectivity index (χ3n) is 0. The predicted octanol–water partition coefficient (Wildman–Crippen LogP) is -3.82. The maximum Gasteiger partial charge on any atom is 0.0814 e. The van der Waals surface area contributed by atoms with E-state index in [1.54, 1.807) is 0 Å². The Balaban J connectivity index is 0. The molecule has 0 saturated heterocycles. The molecule has 0 aliphatic rings. The van der Waals surface area contributed by atoms with E-state index in [4.69, 9.17) is 0 Å². The molecule has 0 amide bonds. The van der Waals surface area contributed by atoms with Crippen LogP contribution in [0.4, 0.5) is 0 Å². The summed E-state index contributed by atoms with van der Waals surface area (Å²) in [6, 6.07) is 0. The third kappa shape index (κ3) is 12.2. The SMILES string of the molecule is B.B.[SiH4].[Zn]. The summed E-state index contributed by atoms with van der Waals surface area (Å²) in [5, 5.41) is 0. The van der Waals surface area contributed by atoms with E-state index in [0.717, 1.165) is 0 Å². The molecule has 0 saturated carbocycles. The van der Waals surface area contributed by atoms with Crippen molar-refractivity contribution < 1.29 is 19.5 Å². The molecule has 0 spiro atoms. The average molecular weight is 125 g/mol. The summed E-state index contributed by atoms with van der Waals surface area (Å²) >= 11 is 0. The van der Waals surface area contributed by atoms with Gasteiger partial charge in [0.1, 0.15) is 0 Å². The smallest absolute Gasteiger partial charge is 0.0149 e. The first-order valence-electron chi connectivity index (χ1n) is 0. The van der Waals surface area contributed by atoms with Gasteiger partial charge in [-0.05, 0) is 11.0 Å². The Labute approximate surface area is 47.7 Å². The Morgan fingerprint density at radius 1 is 0.750 bits per heavy atom. The van der Waals surface area contributed by atoms with Gasteiger partial charge in [0.2, 0.25) is 0 Å². The molecule has 0 radical (unpaired) electrons. The minimum absolute atomic E-state index is 0. The predicted molar refractivity (Wildman–Crippen MR) is 31.2 cm³/mol. The average Bonchev–Trinajstić information content (AvgIpc) is 0. The molecular formula is H10B2SiZn. The minimum Gasteiger partial charge on any atom is -0.0149 e. The molecule has 0 aromatic carbocycles. The zero-order chi connectivity index (χ0) is 0. The second kappa shape index (κ2) is 37.2. The molecule has 0 atom stereocenters. The van der Waals surface area contributed by atoms with Gasteiger partial charge < -0.3 is 0 Å². The van der Waals surface area contributed by atoms with Crippen LogP contribution < -0.4 is 0 Å². The van der Waals surface area contributed by atoms with Crippen molar-refractivity contribution in [3.8, 4) is 0 Å². The Bertz CT molecular complexity index is 6.00. The molecule has 0 bridgehead atoms. The van der Waals surface area contributed by atoms with Gasteiger partial charge in [-0.2, -0.15) is 0 Å². The van der Waals surface area contributed by atoms with Crippen LogP contribution in [-0.4, -0.2) is 27.8 Å². The van der Waals surface area contributed by atoms with Crippen LogP contribution in [0, 0.1) is 0 Å². The van der Waals surface area contributed by atoms with Crippen LogP contribution in [0.5, 0.6) is 0 Å². The van der Waals surface area contributed by atoms with Crippen LogP contribution in [0.15, 0.2) is 0 Å². The van der Waals surface area contributed by atoms with Crippen LogP contribution in [-0.2, 0) is 19.5 Å². The first-order chi connectivity index (χ1) is 0. The third-order valence-corrected chi connectivity index (χ3v) is 0. The van der Waals surface area contributed by atoms with Crippen molar-refractivity contribution >= 4 is 27.8 Å². The van der Waals surface area contributed by atoms with Crippen molar-refractivity contribution in [1.29, 1.82) is 0 Å². The van der Waals surface area contributed by atoms with Gasteiger partial charge in [-0.25, -0.2) is 0 Å². The molecule has 0 nitrogen and oxygen atoms in total. The second-order valence-electron chi connectivity index (χ2n) is 0. The Morgan fingerprint density at radius 2 is 0.750 bits per heavy atom. The summed E-state index contributed by atoms with van der Waals surface area (Å²) in [4.78, 5) is 0. The van der Waals surface area contributed by atoms with Crippen molar-refractivity contribution in [2.24, 2.45) is 0 Å². The quantitative estimate of drug-likeness (QED) is 0.291. The van der Waals surface area contributed by atoms with Gasteiger partial charge in [-0.3, -0.25) is 0 Å². The summed E-state index contributed by atoms with van der Waals surface area (Å²) in [6.07, 6.45) is 0. The van der Waals surface area contributed by atoms with Gasteiger partial charge in [-0.15, -0.1) is 0 Å². The summed E-state index contributed by atoms with van der Waals surface area (Å²) in [6.45, 7) is 0. The monoisotopic (exact) mass is 124 g/mol.